The van der Waals surface area contributed by atoms with E-state index in [0.29, 0.717) is 10.9 Å². The molecule has 5 nitrogen and oxygen atoms in total. The number of carbonyl (C=O) groups is 1. The number of aromatic carboxylic acids is 1. The topological polar surface area (TPSA) is 92.0 Å². The number of rotatable bonds is 1. The molecule has 6 heteroatoms. The minimum atomic E-state index is -1.18. The molecule has 1 heterocycles. The molecule has 0 aliphatic carbocycles. The van der Waals surface area contributed by atoms with Crippen LogP contribution in [0.1, 0.15) is 10.5 Å². The van der Waals surface area contributed by atoms with E-state index in [1.165, 1.54) is 6.07 Å². The van der Waals surface area contributed by atoms with Crippen molar-refractivity contribution in [2.24, 2.45) is 0 Å². The van der Waals surface area contributed by atoms with Gasteiger partial charge in [0.25, 0.3) is 0 Å². The highest BCUT2D eigenvalue weighted by molar-refractivity contribution is 6.01. The van der Waals surface area contributed by atoms with Crippen LogP contribution in [-0.4, -0.2) is 21.3 Å². The van der Waals surface area contributed by atoms with Gasteiger partial charge in [0.2, 0.25) is 0 Å². The van der Waals surface area contributed by atoms with Crippen LogP contribution in [0, 0.1) is 5.82 Å². The second-order valence-corrected chi connectivity index (χ2v) is 2.80. The molecular weight excluding hydrogens is 189 g/mol. The first kappa shape index (κ1) is 8.49. The molecule has 1 aromatic carbocycles. The summed E-state index contributed by atoms with van der Waals surface area (Å²) in [4.78, 5) is 10.7. The zero-order chi connectivity index (χ0) is 10.3. The van der Waals surface area contributed by atoms with Gasteiger partial charge in [0.15, 0.2) is 5.69 Å². The lowest BCUT2D eigenvalue weighted by Crippen LogP contribution is -1.97. The van der Waals surface area contributed by atoms with E-state index in [1.807, 2.05) is 0 Å². The number of H-pyrrole nitrogens is 1. The molecule has 0 fully saturated rings. The lowest BCUT2D eigenvalue weighted by Gasteiger charge is -1.95. The molecule has 4 N–H and O–H groups in total. The number of hydrogen-bond acceptors (Lipinski definition) is 3. The molecule has 2 rings (SSSR count). The highest BCUT2D eigenvalue weighted by Gasteiger charge is 2.14. The molecule has 0 saturated carbocycles. The Bertz CT molecular complexity index is 521. The zero-order valence-electron chi connectivity index (χ0n) is 6.91. The Labute approximate surface area is 77.3 Å². The summed E-state index contributed by atoms with van der Waals surface area (Å²) in [5.74, 6) is -1.78. The van der Waals surface area contributed by atoms with Gasteiger partial charge >= 0.3 is 5.97 Å². The van der Waals surface area contributed by atoms with E-state index in [0.717, 1.165) is 6.07 Å². The van der Waals surface area contributed by atoms with Gasteiger partial charge in [-0.15, -0.1) is 0 Å². The Morgan fingerprint density at radius 1 is 1.57 bits per heavy atom. The molecule has 2 aromatic rings. The van der Waals surface area contributed by atoms with Crippen molar-refractivity contribution >= 4 is 22.6 Å². The van der Waals surface area contributed by atoms with E-state index in [4.69, 9.17) is 10.8 Å². The lowest BCUT2D eigenvalue weighted by atomic mass is 10.2. The van der Waals surface area contributed by atoms with Crippen LogP contribution < -0.4 is 5.73 Å². The van der Waals surface area contributed by atoms with Crippen LogP contribution in [0.15, 0.2) is 12.1 Å². The molecule has 1 aromatic heterocycles. The molecule has 0 bridgehead atoms. The molecule has 0 aliphatic rings. The van der Waals surface area contributed by atoms with E-state index < -0.39 is 11.8 Å². The van der Waals surface area contributed by atoms with Crippen LogP contribution in [0.2, 0.25) is 0 Å². The fraction of sp³-hybridized carbons (Fsp3) is 0. The zero-order valence-corrected chi connectivity index (χ0v) is 6.91. The average molecular weight is 195 g/mol. The first-order valence-corrected chi connectivity index (χ1v) is 3.76. The lowest BCUT2D eigenvalue weighted by molar-refractivity contribution is 0.0692. The molecule has 0 unspecified atom stereocenters. The third-order valence-electron chi connectivity index (χ3n) is 1.88. The third-order valence-corrected chi connectivity index (χ3v) is 1.88. The molecule has 14 heavy (non-hydrogen) atoms. The van der Waals surface area contributed by atoms with Gasteiger partial charge < -0.3 is 10.8 Å². The smallest absolute Gasteiger partial charge is 0.357 e. The summed E-state index contributed by atoms with van der Waals surface area (Å²) in [6.45, 7) is 0. The molecular formula is C8H6FN3O2. The Morgan fingerprint density at radius 3 is 2.93 bits per heavy atom. The number of nitrogens with two attached hydrogens (primary N) is 1. The number of anilines is 1. The van der Waals surface area contributed by atoms with Gasteiger partial charge in [-0.25, -0.2) is 9.18 Å². The highest BCUT2D eigenvalue weighted by Crippen LogP contribution is 2.21. The predicted octanol–water partition coefficient (Wildman–Crippen LogP) is 0.982. The van der Waals surface area contributed by atoms with Crippen LogP contribution in [0.25, 0.3) is 10.9 Å². The molecule has 0 aliphatic heterocycles. The van der Waals surface area contributed by atoms with Crippen LogP contribution >= 0.6 is 0 Å². The quantitative estimate of drug-likeness (QED) is 0.591. The van der Waals surface area contributed by atoms with E-state index >= 15 is 0 Å². The van der Waals surface area contributed by atoms with Crippen molar-refractivity contribution in [1.29, 1.82) is 0 Å². The van der Waals surface area contributed by atoms with Gasteiger partial charge in [0, 0.05) is 11.5 Å². The summed E-state index contributed by atoms with van der Waals surface area (Å²) in [5.41, 5.74) is 5.36. The van der Waals surface area contributed by atoms with Gasteiger partial charge in [-0.2, -0.15) is 5.10 Å². The molecule has 0 saturated heterocycles. The monoisotopic (exact) mass is 195 g/mol. The van der Waals surface area contributed by atoms with Crippen molar-refractivity contribution in [3.05, 3.63) is 23.6 Å². The summed E-state index contributed by atoms with van der Waals surface area (Å²) >= 11 is 0. The van der Waals surface area contributed by atoms with Crippen molar-refractivity contribution in [3.8, 4) is 0 Å². The number of fused-ring (bicyclic) bond motifs is 1. The summed E-state index contributed by atoms with van der Waals surface area (Å²) in [7, 11) is 0. The van der Waals surface area contributed by atoms with Crippen molar-refractivity contribution in [1.82, 2.24) is 10.2 Å². The molecule has 72 valence electrons. The Hall–Kier alpha value is -2.11. The fourth-order valence-corrected chi connectivity index (χ4v) is 1.22. The number of nitrogens with one attached hydrogen (secondary N) is 1. The second kappa shape index (κ2) is 2.69. The summed E-state index contributed by atoms with van der Waals surface area (Å²) in [5, 5.41) is 15.0. The maximum absolute atomic E-state index is 12.9. The maximum atomic E-state index is 12.9. The highest BCUT2D eigenvalue weighted by atomic mass is 19.1. The Kier molecular flexibility index (Phi) is 1.63. The van der Waals surface area contributed by atoms with Crippen LogP contribution in [0.5, 0.6) is 0 Å². The van der Waals surface area contributed by atoms with Gasteiger partial charge in [-0.05, 0) is 6.07 Å². The maximum Gasteiger partial charge on any atom is 0.357 e. The number of nitrogens with zero attached hydrogens (tertiary/aromatic N) is 1. The summed E-state index contributed by atoms with van der Waals surface area (Å²) in [6, 6.07) is 2.36. The van der Waals surface area contributed by atoms with Gasteiger partial charge in [-0.3, -0.25) is 5.10 Å². The largest absolute Gasteiger partial charge is 0.476 e. The van der Waals surface area contributed by atoms with Crippen LogP contribution in [0.4, 0.5) is 10.1 Å². The van der Waals surface area contributed by atoms with E-state index in [9.17, 15) is 9.18 Å². The SMILES string of the molecule is Nc1cc2c(C(=O)O)n[nH]c2cc1F. The molecule has 0 atom stereocenters. The van der Waals surface area contributed by atoms with E-state index in [2.05, 4.69) is 10.2 Å². The summed E-state index contributed by atoms with van der Waals surface area (Å²) in [6.07, 6.45) is 0. The Balaban J connectivity index is 2.80. The van der Waals surface area contributed by atoms with E-state index in [-0.39, 0.29) is 11.4 Å². The van der Waals surface area contributed by atoms with Crippen molar-refractivity contribution in [2.75, 3.05) is 5.73 Å². The minimum Gasteiger partial charge on any atom is -0.476 e. The van der Waals surface area contributed by atoms with Gasteiger partial charge in [-0.1, -0.05) is 0 Å². The number of aromatic amines is 1. The van der Waals surface area contributed by atoms with Crippen molar-refractivity contribution < 1.29 is 14.3 Å². The van der Waals surface area contributed by atoms with Crippen LogP contribution in [-0.2, 0) is 0 Å². The predicted molar refractivity (Wildman–Crippen MR) is 47.4 cm³/mol. The van der Waals surface area contributed by atoms with Crippen molar-refractivity contribution in [2.45, 2.75) is 0 Å². The van der Waals surface area contributed by atoms with E-state index in [1.54, 1.807) is 0 Å². The van der Waals surface area contributed by atoms with Crippen LogP contribution in [0.3, 0.4) is 0 Å². The number of carboxylic acid groups (broad SMARTS) is 1. The first-order chi connectivity index (χ1) is 6.59. The number of hydrogen-bond donors (Lipinski definition) is 3. The average Bonchev–Trinajstić information content (AvgIpc) is 2.48. The molecule has 0 spiro atoms. The number of benzene rings is 1. The molecule has 0 amide bonds. The first-order valence-electron chi connectivity index (χ1n) is 3.76. The number of aromatic nitrogens is 2. The number of carboxylic acids is 1. The normalized spacial score (nSPS) is 10.6. The van der Waals surface area contributed by atoms with Gasteiger partial charge in [0.05, 0.1) is 11.2 Å². The summed E-state index contributed by atoms with van der Waals surface area (Å²) < 4.78 is 12.9. The molecule has 0 radical (unpaired) electrons. The number of halogens is 1. The standard InChI is InChI=1S/C8H6FN3O2/c9-4-2-6-3(1-5(4)10)7(8(13)14)12-11-6/h1-2H,10H2,(H,11,12)(H,13,14). The van der Waals surface area contributed by atoms with Gasteiger partial charge in [0.1, 0.15) is 5.82 Å². The third kappa shape index (κ3) is 1.08. The van der Waals surface area contributed by atoms with Crippen molar-refractivity contribution in [3.63, 3.8) is 0 Å². The number of nitrogen functional groups attached to an aromatic ring is 1. The minimum absolute atomic E-state index is 0.0959. The second-order valence-electron chi connectivity index (χ2n) is 2.80. The fourth-order valence-electron chi connectivity index (χ4n) is 1.22. The Morgan fingerprint density at radius 2 is 2.29 bits per heavy atom.